The molecule has 3 unspecified atom stereocenters. The van der Waals surface area contributed by atoms with Gasteiger partial charge in [0.05, 0.1) is 12.6 Å². The topological polar surface area (TPSA) is 50.5 Å². The van der Waals surface area contributed by atoms with Crippen LogP contribution in [0.2, 0.25) is 0 Å². The van der Waals surface area contributed by atoms with Crippen molar-refractivity contribution in [1.82, 2.24) is 10.3 Å². The highest BCUT2D eigenvalue weighted by atomic mass is 16.5. The molecule has 2 bridgehead atoms. The van der Waals surface area contributed by atoms with Gasteiger partial charge in [-0.05, 0) is 44.2 Å². The van der Waals surface area contributed by atoms with E-state index in [4.69, 9.17) is 10.6 Å². The zero-order chi connectivity index (χ0) is 14.4. The van der Waals surface area contributed by atoms with E-state index >= 15 is 0 Å². The van der Waals surface area contributed by atoms with E-state index in [0.29, 0.717) is 5.92 Å². The Labute approximate surface area is 126 Å². The van der Waals surface area contributed by atoms with Gasteiger partial charge in [-0.3, -0.25) is 11.3 Å². The number of para-hydroxylation sites is 1. The first-order valence-electron chi connectivity index (χ1n) is 8.20. The van der Waals surface area contributed by atoms with Gasteiger partial charge in [-0.25, -0.2) is 0 Å². The van der Waals surface area contributed by atoms with Gasteiger partial charge in [0.15, 0.2) is 0 Å². The van der Waals surface area contributed by atoms with Crippen LogP contribution in [0, 0.1) is 5.92 Å². The molecule has 1 aromatic carbocycles. The molecule has 0 radical (unpaired) electrons. The molecule has 0 aromatic heterocycles. The van der Waals surface area contributed by atoms with E-state index in [-0.39, 0.29) is 6.04 Å². The van der Waals surface area contributed by atoms with Gasteiger partial charge >= 0.3 is 0 Å². The molecule has 0 saturated carbocycles. The van der Waals surface area contributed by atoms with E-state index in [2.05, 4.69) is 35.6 Å². The second-order valence-electron chi connectivity index (χ2n) is 6.86. The quantitative estimate of drug-likeness (QED) is 0.659. The Balaban J connectivity index is 1.63. The summed E-state index contributed by atoms with van der Waals surface area (Å²) < 4.78 is 5.89. The molecule has 3 N–H and O–H groups in total. The van der Waals surface area contributed by atoms with Crippen LogP contribution in [0.25, 0.3) is 0 Å². The van der Waals surface area contributed by atoms with Crippen LogP contribution in [0.3, 0.4) is 0 Å². The van der Waals surface area contributed by atoms with Crippen molar-refractivity contribution in [3.63, 3.8) is 0 Å². The highest BCUT2D eigenvalue weighted by Gasteiger charge is 2.41. The third-order valence-electron chi connectivity index (χ3n) is 5.87. The lowest BCUT2D eigenvalue weighted by Gasteiger charge is -2.40. The maximum absolute atomic E-state index is 5.96. The molecule has 3 aliphatic heterocycles. The van der Waals surface area contributed by atoms with Crippen LogP contribution >= 0.6 is 0 Å². The molecule has 4 heteroatoms. The summed E-state index contributed by atoms with van der Waals surface area (Å²) >= 11 is 0. The smallest absolute Gasteiger partial charge is 0.127 e. The monoisotopic (exact) mass is 287 g/mol. The second kappa shape index (κ2) is 5.27. The maximum atomic E-state index is 5.96. The van der Waals surface area contributed by atoms with E-state index in [1.807, 2.05) is 0 Å². The molecule has 3 aliphatic rings. The molecule has 2 saturated heterocycles. The van der Waals surface area contributed by atoms with Gasteiger partial charge in [0.25, 0.3) is 0 Å². The SMILES string of the molecule is CN1C2CCC1CC(C(NN)c1cccc3c1OCC3)C2. The minimum atomic E-state index is 0.217. The lowest BCUT2D eigenvalue weighted by molar-refractivity contribution is 0.112. The van der Waals surface area contributed by atoms with Crippen LogP contribution in [-0.2, 0) is 6.42 Å². The average Bonchev–Trinajstić information content (AvgIpc) is 3.03. The van der Waals surface area contributed by atoms with Crippen molar-refractivity contribution in [1.29, 1.82) is 0 Å². The fourth-order valence-corrected chi connectivity index (χ4v) is 4.69. The van der Waals surface area contributed by atoms with Crippen molar-refractivity contribution in [3.05, 3.63) is 29.3 Å². The fourth-order valence-electron chi connectivity index (χ4n) is 4.69. The molecule has 0 aliphatic carbocycles. The summed E-state index contributed by atoms with van der Waals surface area (Å²) in [5, 5.41) is 0. The fraction of sp³-hybridized carbons (Fsp3) is 0.647. The summed E-state index contributed by atoms with van der Waals surface area (Å²) in [7, 11) is 2.28. The Morgan fingerprint density at radius 3 is 2.76 bits per heavy atom. The molecule has 21 heavy (non-hydrogen) atoms. The summed E-state index contributed by atoms with van der Waals surface area (Å²) in [5.41, 5.74) is 5.70. The molecule has 2 fully saturated rings. The standard InChI is InChI=1S/C17H25N3O/c1-20-13-5-6-14(20)10-12(9-13)16(19-18)15-4-2-3-11-7-8-21-17(11)15/h2-4,12-14,16,19H,5-10,18H2,1H3. The molecule has 0 spiro atoms. The number of ether oxygens (including phenoxy) is 1. The van der Waals surface area contributed by atoms with E-state index < -0.39 is 0 Å². The molecule has 0 amide bonds. The summed E-state index contributed by atoms with van der Waals surface area (Å²) in [6.07, 6.45) is 6.20. The van der Waals surface area contributed by atoms with Gasteiger partial charge in [0.1, 0.15) is 5.75 Å². The molecular formula is C17H25N3O. The van der Waals surface area contributed by atoms with Crippen molar-refractivity contribution in [2.45, 2.75) is 50.2 Å². The molecule has 114 valence electrons. The van der Waals surface area contributed by atoms with Crippen LogP contribution in [0.5, 0.6) is 5.75 Å². The lowest BCUT2D eigenvalue weighted by Crippen LogP contribution is -2.45. The maximum Gasteiger partial charge on any atom is 0.127 e. The molecule has 3 heterocycles. The number of piperidine rings is 1. The van der Waals surface area contributed by atoms with Crippen molar-refractivity contribution >= 4 is 0 Å². The van der Waals surface area contributed by atoms with Gasteiger partial charge in [0, 0.05) is 24.1 Å². The molecular weight excluding hydrogens is 262 g/mol. The highest BCUT2D eigenvalue weighted by molar-refractivity contribution is 5.46. The minimum absolute atomic E-state index is 0.217. The zero-order valence-corrected chi connectivity index (χ0v) is 12.7. The van der Waals surface area contributed by atoms with Crippen molar-refractivity contribution < 1.29 is 4.74 Å². The van der Waals surface area contributed by atoms with Gasteiger partial charge < -0.3 is 9.64 Å². The summed E-state index contributed by atoms with van der Waals surface area (Å²) in [4.78, 5) is 2.58. The van der Waals surface area contributed by atoms with E-state index in [1.165, 1.54) is 36.8 Å². The predicted octanol–water partition coefficient (Wildman–Crippen LogP) is 2.00. The largest absolute Gasteiger partial charge is 0.493 e. The van der Waals surface area contributed by atoms with Crippen LogP contribution < -0.4 is 16.0 Å². The Kier molecular flexibility index (Phi) is 3.40. The van der Waals surface area contributed by atoms with E-state index in [0.717, 1.165) is 30.9 Å². The van der Waals surface area contributed by atoms with Gasteiger partial charge in [0.2, 0.25) is 0 Å². The number of fused-ring (bicyclic) bond motifs is 3. The Hall–Kier alpha value is -1.10. The summed E-state index contributed by atoms with van der Waals surface area (Å²) in [5.74, 6) is 7.66. The zero-order valence-electron chi connectivity index (χ0n) is 12.7. The van der Waals surface area contributed by atoms with Crippen molar-refractivity contribution in [3.8, 4) is 5.75 Å². The Bertz CT molecular complexity index is 519. The predicted molar refractivity (Wildman–Crippen MR) is 83.0 cm³/mol. The van der Waals surface area contributed by atoms with Gasteiger partial charge in [-0.1, -0.05) is 18.2 Å². The van der Waals surface area contributed by atoms with E-state index in [9.17, 15) is 0 Å². The number of nitrogens with zero attached hydrogens (tertiary/aromatic N) is 1. The Morgan fingerprint density at radius 2 is 2.05 bits per heavy atom. The minimum Gasteiger partial charge on any atom is -0.493 e. The Morgan fingerprint density at radius 1 is 1.29 bits per heavy atom. The number of rotatable bonds is 3. The third kappa shape index (κ3) is 2.17. The van der Waals surface area contributed by atoms with Crippen molar-refractivity contribution in [2.24, 2.45) is 11.8 Å². The van der Waals surface area contributed by atoms with Crippen LogP contribution in [0.15, 0.2) is 18.2 Å². The number of benzene rings is 1. The first kappa shape index (κ1) is 13.6. The number of hydrazine groups is 1. The normalized spacial score (nSPS) is 32.8. The summed E-state index contributed by atoms with van der Waals surface area (Å²) in [6, 6.07) is 8.21. The van der Waals surface area contributed by atoms with Crippen LogP contribution in [0.4, 0.5) is 0 Å². The number of hydrogen-bond donors (Lipinski definition) is 2. The van der Waals surface area contributed by atoms with Crippen molar-refractivity contribution in [2.75, 3.05) is 13.7 Å². The first-order valence-corrected chi connectivity index (χ1v) is 8.20. The molecule has 4 rings (SSSR count). The number of hydrogen-bond acceptors (Lipinski definition) is 4. The summed E-state index contributed by atoms with van der Waals surface area (Å²) in [6.45, 7) is 0.808. The second-order valence-corrected chi connectivity index (χ2v) is 6.86. The average molecular weight is 287 g/mol. The highest BCUT2D eigenvalue weighted by Crippen LogP contribution is 2.45. The van der Waals surface area contributed by atoms with Crippen LogP contribution in [-0.4, -0.2) is 30.6 Å². The van der Waals surface area contributed by atoms with E-state index in [1.54, 1.807) is 0 Å². The molecule has 1 aromatic rings. The number of nitrogens with one attached hydrogen (secondary N) is 1. The first-order chi connectivity index (χ1) is 10.3. The third-order valence-corrected chi connectivity index (χ3v) is 5.87. The lowest BCUT2D eigenvalue weighted by atomic mass is 9.81. The van der Waals surface area contributed by atoms with Crippen LogP contribution in [0.1, 0.15) is 42.9 Å². The molecule has 3 atom stereocenters. The van der Waals surface area contributed by atoms with Gasteiger partial charge in [-0.15, -0.1) is 0 Å². The molecule has 4 nitrogen and oxygen atoms in total. The van der Waals surface area contributed by atoms with Gasteiger partial charge in [-0.2, -0.15) is 0 Å². The number of nitrogens with two attached hydrogens (primary N) is 1.